The lowest BCUT2D eigenvalue weighted by Gasteiger charge is -2.56. The molecule has 158 valence electrons. The molecular weight excluding hydrogens is 400 g/mol. The largest absolute Gasteiger partial charge is 0.332 e. The van der Waals surface area contributed by atoms with E-state index in [9.17, 15) is 9.59 Å². The van der Waals surface area contributed by atoms with Crippen LogP contribution in [0.4, 0.5) is 4.79 Å². The Labute approximate surface area is 179 Å². The lowest BCUT2D eigenvalue weighted by molar-refractivity contribution is -0.117. The maximum absolute atomic E-state index is 12.5. The number of aryl methyl sites for hydroxylation is 1. The second-order valence-electron chi connectivity index (χ2n) is 9.15. The van der Waals surface area contributed by atoms with Crippen molar-refractivity contribution in [3.63, 3.8) is 0 Å². The smallest absolute Gasteiger partial charge is 0.321 e. The van der Waals surface area contributed by atoms with Crippen molar-refractivity contribution in [1.29, 1.82) is 0 Å². The van der Waals surface area contributed by atoms with Crippen molar-refractivity contribution in [2.24, 2.45) is 17.8 Å². The Morgan fingerprint density at radius 3 is 2.47 bits per heavy atom. The number of para-hydroxylation sites is 1. The second kappa shape index (κ2) is 7.68. The number of urea groups is 1. The summed E-state index contributed by atoms with van der Waals surface area (Å²) in [6, 6.07) is 7.40. The molecule has 0 saturated heterocycles. The van der Waals surface area contributed by atoms with E-state index in [1.54, 1.807) is 4.68 Å². The van der Waals surface area contributed by atoms with E-state index in [1.807, 2.05) is 31.2 Å². The summed E-state index contributed by atoms with van der Waals surface area (Å²) in [4.78, 5) is 24.9. The van der Waals surface area contributed by atoms with Crippen molar-refractivity contribution in [2.75, 3.05) is 5.75 Å². The van der Waals surface area contributed by atoms with Crippen LogP contribution in [0.1, 0.15) is 44.1 Å². The molecule has 3 amide bonds. The first-order valence-corrected chi connectivity index (χ1v) is 11.6. The Kier molecular flexibility index (Phi) is 5.00. The van der Waals surface area contributed by atoms with E-state index in [-0.39, 0.29) is 23.2 Å². The van der Waals surface area contributed by atoms with Crippen LogP contribution in [-0.2, 0) is 4.79 Å². The number of hydrogen-bond donors (Lipinski definition) is 2. The molecule has 0 radical (unpaired) electrons. The third-order valence-corrected chi connectivity index (χ3v) is 7.71. The van der Waals surface area contributed by atoms with Crippen LogP contribution in [0, 0.1) is 24.7 Å². The van der Waals surface area contributed by atoms with Crippen LogP contribution >= 0.6 is 11.8 Å². The van der Waals surface area contributed by atoms with Crippen molar-refractivity contribution in [1.82, 2.24) is 30.8 Å². The minimum absolute atomic E-state index is 0.0700. The molecule has 0 spiro atoms. The van der Waals surface area contributed by atoms with Gasteiger partial charge in [-0.2, -0.15) is 4.68 Å². The summed E-state index contributed by atoms with van der Waals surface area (Å²) < 4.78 is 1.61. The molecule has 4 fully saturated rings. The van der Waals surface area contributed by atoms with Crippen LogP contribution in [0.3, 0.4) is 0 Å². The first-order chi connectivity index (χ1) is 14.5. The topological polar surface area (TPSA) is 102 Å². The SMILES string of the molecule is Cc1ccccc1-n1nnnc1SCC(=O)NC(=O)NC12CC3CC(CC(C3)C1)C2. The number of hydrogen-bond acceptors (Lipinski definition) is 6. The van der Waals surface area contributed by atoms with Gasteiger partial charge < -0.3 is 5.32 Å². The van der Waals surface area contributed by atoms with Gasteiger partial charge in [0.25, 0.3) is 0 Å². The fourth-order valence-corrected chi connectivity index (χ4v) is 6.73. The van der Waals surface area contributed by atoms with Gasteiger partial charge in [0.05, 0.1) is 11.4 Å². The summed E-state index contributed by atoms with van der Waals surface area (Å²) in [5, 5.41) is 18.0. The van der Waals surface area contributed by atoms with Gasteiger partial charge in [-0.3, -0.25) is 10.1 Å². The van der Waals surface area contributed by atoms with Crippen molar-refractivity contribution < 1.29 is 9.59 Å². The molecule has 0 atom stereocenters. The number of imide groups is 1. The molecular formula is C21H26N6O2S. The molecule has 1 heterocycles. The third kappa shape index (κ3) is 3.82. The average molecular weight is 427 g/mol. The van der Waals surface area contributed by atoms with E-state index >= 15 is 0 Å². The highest BCUT2D eigenvalue weighted by Crippen LogP contribution is 2.55. The molecule has 6 rings (SSSR count). The molecule has 2 N–H and O–H groups in total. The van der Waals surface area contributed by atoms with Gasteiger partial charge in [0, 0.05) is 5.54 Å². The van der Waals surface area contributed by atoms with Gasteiger partial charge in [0.2, 0.25) is 11.1 Å². The van der Waals surface area contributed by atoms with Gasteiger partial charge >= 0.3 is 6.03 Å². The van der Waals surface area contributed by atoms with E-state index in [2.05, 4.69) is 26.2 Å². The number of carbonyl (C=O) groups is 2. The van der Waals surface area contributed by atoms with Crippen LogP contribution in [0.25, 0.3) is 5.69 Å². The molecule has 9 heteroatoms. The first kappa shape index (κ1) is 19.5. The van der Waals surface area contributed by atoms with Crippen LogP contribution < -0.4 is 10.6 Å². The molecule has 4 saturated carbocycles. The monoisotopic (exact) mass is 426 g/mol. The highest BCUT2D eigenvalue weighted by Gasteiger charge is 2.51. The number of benzene rings is 1. The Morgan fingerprint density at radius 2 is 1.80 bits per heavy atom. The number of carbonyl (C=O) groups excluding carboxylic acids is 2. The average Bonchev–Trinajstić information content (AvgIpc) is 3.13. The quantitative estimate of drug-likeness (QED) is 0.713. The molecule has 4 bridgehead atoms. The molecule has 0 unspecified atom stereocenters. The van der Waals surface area contributed by atoms with E-state index in [1.165, 1.54) is 31.0 Å². The molecule has 4 aliphatic rings. The summed E-state index contributed by atoms with van der Waals surface area (Å²) in [7, 11) is 0. The van der Waals surface area contributed by atoms with Crippen molar-refractivity contribution in [3.8, 4) is 5.69 Å². The van der Waals surface area contributed by atoms with E-state index < -0.39 is 0 Å². The van der Waals surface area contributed by atoms with E-state index in [0.717, 1.165) is 48.3 Å². The lowest BCUT2D eigenvalue weighted by Crippen LogP contribution is -2.61. The highest BCUT2D eigenvalue weighted by atomic mass is 32.2. The van der Waals surface area contributed by atoms with Gasteiger partial charge in [-0.25, -0.2) is 4.79 Å². The summed E-state index contributed by atoms with van der Waals surface area (Å²) in [6.07, 6.45) is 7.11. The Morgan fingerprint density at radius 1 is 1.13 bits per heavy atom. The number of nitrogens with zero attached hydrogens (tertiary/aromatic N) is 4. The van der Waals surface area contributed by atoms with Crippen LogP contribution in [-0.4, -0.2) is 43.4 Å². The number of thioether (sulfide) groups is 1. The van der Waals surface area contributed by atoms with Crippen molar-refractivity contribution in [3.05, 3.63) is 29.8 Å². The predicted molar refractivity (Wildman–Crippen MR) is 112 cm³/mol. The molecule has 0 aliphatic heterocycles. The number of aromatic nitrogens is 4. The second-order valence-corrected chi connectivity index (χ2v) is 10.1. The Balaban J connectivity index is 1.16. The van der Waals surface area contributed by atoms with Crippen LogP contribution in [0.15, 0.2) is 29.4 Å². The zero-order valence-corrected chi connectivity index (χ0v) is 17.8. The van der Waals surface area contributed by atoms with Gasteiger partial charge in [-0.15, -0.1) is 5.10 Å². The number of amides is 3. The van der Waals surface area contributed by atoms with E-state index in [0.29, 0.717) is 5.16 Å². The molecule has 1 aromatic heterocycles. The molecule has 8 nitrogen and oxygen atoms in total. The number of tetrazole rings is 1. The maximum atomic E-state index is 12.5. The van der Waals surface area contributed by atoms with Gasteiger partial charge in [-0.05, 0) is 85.3 Å². The maximum Gasteiger partial charge on any atom is 0.321 e. The molecule has 1 aromatic carbocycles. The minimum atomic E-state index is -0.374. The van der Waals surface area contributed by atoms with Crippen LogP contribution in [0.2, 0.25) is 0 Å². The zero-order chi connectivity index (χ0) is 20.7. The van der Waals surface area contributed by atoms with Crippen molar-refractivity contribution in [2.45, 2.75) is 56.1 Å². The summed E-state index contributed by atoms with van der Waals surface area (Å²) in [5.41, 5.74) is 1.79. The van der Waals surface area contributed by atoms with Gasteiger partial charge in [0.15, 0.2) is 0 Å². The van der Waals surface area contributed by atoms with Gasteiger partial charge in [-0.1, -0.05) is 30.0 Å². The summed E-state index contributed by atoms with van der Waals surface area (Å²) in [5.74, 6) is 1.94. The number of rotatable bonds is 5. The fourth-order valence-electron chi connectivity index (χ4n) is 6.05. The lowest BCUT2D eigenvalue weighted by atomic mass is 9.53. The fraction of sp³-hybridized carbons (Fsp3) is 0.571. The third-order valence-electron chi connectivity index (χ3n) is 6.79. The zero-order valence-electron chi connectivity index (χ0n) is 17.0. The summed E-state index contributed by atoms with van der Waals surface area (Å²) in [6.45, 7) is 1.98. The van der Waals surface area contributed by atoms with E-state index in [4.69, 9.17) is 0 Å². The highest BCUT2D eigenvalue weighted by molar-refractivity contribution is 7.99. The predicted octanol–water partition coefficient (Wildman–Crippen LogP) is 2.86. The minimum Gasteiger partial charge on any atom is -0.332 e. The first-order valence-electron chi connectivity index (χ1n) is 10.6. The molecule has 2 aromatic rings. The number of nitrogens with one attached hydrogen (secondary N) is 2. The standard InChI is InChI=1S/C21H26N6O2S/c1-13-4-2-3-5-17(13)27-20(24-25-26-27)30-12-18(28)22-19(29)23-21-9-14-6-15(10-21)8-16(7-14)11-21/h2-5,14-16H,6-12H2,1H3,(H2,22,23,28,29). The Hall–Kier alpha value is -2.42. The normalized spacial score (nSPS) is 29.0. The molecule has 4 aliphatic carbocycles. The van der Waals surface area contributed by atoms with Crippen molar-refractivity contribution >= 4 is 23.7 Å². The van der Waals surface area contributed by atoms with Gasteiger partial charge in [0.1, 0.15) is 0 Å². The van der Waals surface area contributed by atoms with Crippen LogP contribution in [0.5, 0.6) is 0 Å². The molecule has 30 heavy (non-hydrogen) atoms. The summed E-state index contributed by atoms with van der Waals surface area (Å²) >= 11 is 1.21. The Bertz CT molecular complexity index is 939.